The van der Waals surface area contributed by atoms with Gasteiger partial charge in [0.25, 0.3) is 0 Å². The van der Waals surface area contributed by atoms with Crippen molar-refractivity contribution in [3.8, 4) is 11.1 Å². The normalized spacial score (nSPS) is 10.6. The minimum absolute atomic E-state index is 0.518. The van der Waals surface area contributed by atoms with E-state index < -0.39 is 7.12 Å². The second-order valence-corrected chi connectivity index (χ2v) is 5.15. The zero-order valence-electron chi connectivity index (χ0n) is 11.9. The maximum Gasteiger partial charge on any atom is 0.488 e. The van der Waals surface area contributed by atoms with Crippen LogP contribution in [0.1, 0.15) is 31.7 Å². The van der Waals surface area contributed by atoms with Crippen LogP contribution in [0.15, 0.2) is 48.5 Å². The standard InChI is InChI=1S/C17H21BO2/c1-2-3-4-5-14-6-8-15(9-7-14)16-10-12-17(13-11-16)18(19)20/h6-13,19-20H,2-5H2,1H3. The van der Waals surface area contributed by atoms with Crippen molar-refractivity contribution < 1.29 is 10.0 Å². The van der Waals surface area contributed by atoms with Crippen molar-refractivity contribution >= 4 is 12.6 Å². The van der Waals surface area contributed by atoms with Gasteiger partial charge in [-0.2, -0.15) is 0 Å². The van der Waals surface area contributed by atoms with Crippen LogP contribution >= 0.6 is 0 Å². The van der Waals surface area contributed by atoms with Gasteiger partial charge in [-0.1, -0.05) is 68.3 Å². The minimum Gasteiger partial charge on any atom is -0.423 e. The van der Waals surface area contributed by atoms with Crippen molar-refractivity contribution in [2.45, 2.75) is 32.6 Å². The van der Waals surface area contributed by atoms with Gasteiger partial charge in [0.1, 0.15) is 0 Å². The van der Waals surface area contributed by atoms with Crippen LogP contribution in [0.3, 0.4) is 0 Å². The molecule has 0 aliphatic rings. The number of benzene rings is 2. The van der Waals surface area contributed by atoms with E-state index in [0.717, 1.165) is 17.5 Å². The second kappa shape index (κ2) is 7.27. The van der Waals surface area contributed by atoms with E-state index in [1.165, 1.54) is 24.8 Å². The fraction of sp³-hybridized carbons (Fsp3) is 0.294. The molecule has 3 heteroatoms. The van der Waals surface area contributed by atoms with Gasteiger partial charge in [0.05, 0.1) is 0 Å². The highest BCUT2D eigenvalue weighted by atomic mass is 16.4. The molecule has 0 unspecified atom stereocenters. The summed E-state index contributed by atoms with van der Waals surface area (Å²) in [5, 5.41) is 18.2. The summed E-state index contributed by atoms with van der Waals surface area (Å²) in [6, 6.07) is 15.9. The highest BCUT2D eigenvalue weighted by Gasteiger charge is 2.09. The zero-order valence-corrected chi connectivity index (χ0v) is 11.9. The largest absolute Gasteiger partial charge is 0.488 e. The predicted molar refractivity (Wildman–Crippen MR) is 84.9 cm³/mol. The Balaban J connectivity index is 2.05. The number of unbranched alkanes of at least 4 members (excludes halogenated alkanes) is 2. The third-order valence-electron chi connectivity index (χ3n) is 3.57. The second-order valence-electron chi connectivity index (χ2n) is 5.15. The predicted octanol–water partition coefficient (Wildman–Crippen LogP) is 2.77. The Morgan fingerprint density at radius 3 is 1.85 bits per heavy atom. The van der Waals surface area contributed by atoms with Gasteiger partial charge < -0.3 is 10.0 Å². The van der Waals surface area contributed by atoms with Crippen LogP contribution in [-0.4, -0.2) is 17.2 Å². The third-order valence-corrected chi connectivity index (χ3v) is 3.57. The average Bonchev–Trinajstić information content (AvgIpc) is 2.48. The molecule has 0 saturated carbocycles. The van der Waals surface area contributed by atoms with Crippen LogP contribution in [0.4, 0.5) is 0 Å². The summed E-state index contributed by atoms with van der Waals surface area (Å²) in [7, 11) is -1.40. The molecule has 2 rings (SSSR count). The maximum absolute atomic E-state index is 9.08. The van der Waals surface area contributed by atoms with Gasteiger partial charge in [-0.15, -0.1) is 0 Å². The van der Waals surface area contributed by atoms with Crippen LogP contribution < -0.4 is 5.46 Å². The molecule has 0 spiro atoms. The first-order chi connectivity index (χ1) is 9.70. The van der Waals surface area contributed by atoms with E-state index in [2.05, 4.69) is 31.2 Å². The Bertz CT molecular complexity index is 518. The fourth-order valence-corrected chi connectivity index (χ4v) is 2.29. The molecule has 2 aromatic rings. The molecule has 104 valence electrons. The molecule has 2 nitrogen and oxygen atoms in total. The molecule has 2 aromatic carbocycles. The Morgan fingerprint density at radius 1 is 0.800 bits per heavy atom. The van der Waals surface area contributed by atoms with Crippen molar-refractivity contribution in [3.05, 3.63) is 54.1 Å². The van der Waals surface area contributed by atoms with E-state index in [9.17, 15) is 0 Å². The third kappa shape index (κ3) is 3.96. The first kappa shape index (κ1) is 14.8. The monoisotopic (exact) mass is 268 g/mol. The molecule has 0 aromatic heterocycles. The van der Waals surface area contributed by atoms with E-state index in [1.54, 1.807) is 12.1 Å². The van der Waals surface area contributed by atoms with Crippen LogP contribution in [-0.2, 0) is 6.42 Å². The number of hydrogen-bond donors (Lipinski definition) is 2. The molecule has 0 radical (unpaired) electrons. The van der Waals surface area contributed by atoms with Gasteiger partial charge in [0.15, 0.2) is 0 Å². The summed E-state index contributed by atoms with van der Waals surface area (Å²) in [6.07, 6.45) is 4.93. The summed E-state index contributed by atoms with van der Waals surface area (Å²) in [5.74, 6) is 0. The molecule has 0 saturated heterocycles. The van der Waals surface area contributed by atoms with Crippen LogP contribution in [0, 0.1) is 0 Å². The molecule has 0 amide bonds. The topological polar surface area (TPSA) is 40.5 Å². The summed E-state index contributed by atoms with van der Waals surface area (Å²) < 4.78 is 0. The van der Waals surface area contributed by atoms with Crippen molar-refractivity contribution in [1.82, 2.24) is 0 Å². The lowest BCUT2D eigenvalue weighted by atomic mass is 9.80. The molecule has 2 N–H and O–H groups in total. The van der Waals surface area contributed by atoms with Crippen LogP contribution in [0.5, 0.6) is 0 Å². The smallest absolute Gasteiger partial charge is 0.423 e. The first-order valence-corrected chi connectivity index (χ1v) is 7.26. The molecule has 0 aliphatic heterocycles. The lowest BCUT2D eigenvalue weighted by molar-refractivity contribution is 0.426. The zero-order chi connectivity index (χ0) is 14.4. The number of hydrogen-bond acceptors (Lipinski definition) is 2. The summed E-state index contributed by atoms with van der Waals surface area (Å²) in [6.45, 7) is 2.22. The Morgan fingerprint density at radius 2 is 1.35 bits per heavy atom. The fourth-order valence-electron chi connectivity index (χ4n) is 2.29. The van der Waals surface area contributed by atoms with Gasteiger partial charge in [-0.25, -0.2) is 0 Å². The van der Waals surface area contributed by atoms with Gasteiger partial charge >= 0.3 is 7.12 Å². The van der Waals surface area contributed by atoms with Gasteiger partial charge in [-0.05, 0) is 35.0 Å². The van der Waals surface area contributed by atoms with E-state index >= 15 is 0 Å². The van der Waals surface area contributed by atoms with Gasteiger partial charge in [0.2, 0.25) is 0 Å². The Hall–Kier alpha value is -1.58. The summed E-state index contributed by atoms with van der Waals surface area (Å²) in [4.78, 5) is 0. The average molecular weight is 268 g/mol. The van der Waals surface area contributed by atoms with Crippen LogP contribution in [0.25, 0.3) is 11.1 Å². The van der Waals surface area contributed by atoms with E-state index in [1.807, 2.05) is 12.1 Å². The van der Waals surface area contributed by atoms with E-state index in [-0.39, 0.29) is 0 Å². The SMILES string of the molecule is CCCCCc1ccc(-c2ccc(B(O)O)cc2)cc1. The van der Waals surface area contributed by atoms with E-state index in [4.69, 9.17) is 10.0 Å². The lowest BCUT2D eigenvalue weighted by Gasteiger charge is -2.06. The highest BCUT2D eigenvalue weighted by Crippen LogP contribution is 2.19. The summed E-state index contributed by atoms with van der Waals surface area (Å²) >= 11 is 0. The molecule has 20 heavy (non-hydrogen) atoms. The van der Waals surface area contributed by atoms with Crippen molar-refractivity contribution in [2.75, 3.05) is 0 Å². The summed E-state index contributed by atoms with van der Waals surface area (Å²) in [5.41, 5.74) is 4.15. The van der Waals surface area contributed by atoms with Gasteiger partial charge in [0, 0.05) is 0 Å². The molecular weight excluding hydrogens is 247 g/mol. The Labute approximate surface area is 121 Å². The highest BCUT2D eigenvalue weighted by molar-refractivity contribution is 6.58. The molecule has 0 atom stereocenters. The first-order valence-electron chi connectivity index (χ1n) is 7.26. The van der Waals surface area contributed by atoms with Crippen molar-refractivity contribution in [3.63, 3.8) is 0 Å². The number of aryl methyl sites for hydroxylation is 1. The molecule has 0 fully saturated rings. The molecule has 0 aliphatic carbocycles. The van der Waals surface area contributed by atoms with Crippen LogP contribution in [0.2, 0.25) is 0 Å². The molecule has 0 bridgehead atoms. The molecular formula is C17H21BO2. The minimum atomic E-state index is -1.40. The van der Waals surface area contributed by atoms with Crippen molar-refractivity contribution in [1.29, 1.82) is 0 Å². The molecule has 0 heterocycles. The lowest BCUT2D eigenvalue weighted by Crippen LogP contribution is -2.29. The Kier molecular flexibility index (Phi) is 5.39. The van der Waals surface area contributed by atoms with Gasteiger partial charge in [-0.3, -0.25) is 0 Å². The quantitative estimate of drug-likeness (QED) is 0.624. The maximum atomic E-state index is 9.08. The van der Waals surface area contributed by atoms with Crippen molar-refractivity contribution in [2.24, 2.45) is 0 Å². The van der Waals surface area contributed by atoms with E-state index in [0.29, 0.717) is 5.46 Å². The number of rotatable bonds is 6.